The highest BCUT2D eigenvalue weighted by Crippen LogP contribution is 2.00. The molecule has 0 bridgehead atoms. The summed E-state index contributed by atoms with van der Waals surface area (Å²) in [5.41, 5.74) is 0. The van der Waals surface area contributed by atoms with Crippen LogP contribution < -0.4 is 0 Å². The van der Waals surface area contributed by atoms with Gasteiger partial charge in [-0.3, -0.25) is 0 Å². The predicted octanol–water partition coefficient (Wildman–Crippen LogP) is 2.08. The third kappa shape index (κ3) is 4.39. The van der Waals surface area contributed by atoms with Gasteiger partial charge in [-0.1, -0.05) is 31.5 Å². The highest BCUT2D eigenvalue weighted by molar-refractivity contribution is 6.40. The number of hydrogen-bond acceptors (Lipinski definition) is 2. The van der Waals surface area contributed by atoms with Crippen LogP contribution in [0.2, 0.25) is 0 Å². The molecule has 0 spiro atoms. The second-order valence-corrected chi connectivity index (χ2v) is 2.35. The first kappa shape index (κ1) is 9.50. The SMILES string of the molecule is C=C(Cl)C(=O)OCCCC. The Kier molecular flexibility index (Phi) is 5.03. The standard InChI is InChI=1S/C7H11ClO2/c1-3-4-5-10-7(9)6(2)8/h2-5H2,1H3. The Balaban J connectivity index is 3.31. The van der Waals surface area contributed by atoms with E-state index in [0.717, 1.165) is 12.8 Å². The lowest BCUT2D eigenvalue weighted by molar-refractivity contribution is -0.138. The van der Waals surface area contributed by atoms with E-state index < -0.39 is 5.97 Å². The van der Waals surface area contributed by atoms with Gasteiger partial charge in [0.05, 0.1) is 6.61 Å². The summed E-state index contributed by atoms with van der Waals surface area (Å²) >= 11 is 5.24. The van der Waals surface area contributed by atoms with E-state index in [2.05, 4.69) is 11.3 Å². The minimum Gasteiger partial charge on any atom is -0.461 e. The second kappa shape index (κ2) is 5.30. The first-order valence-electron chi connectivity index (χ1n) is 3.20. The second-order valence-electron chi connectivity index (χ2n) is 1.89. The highest BCUT2D eigenvalue weighted by Gasteiger charge is 2.02. The monoisotopic (exact) mass is 162 g/mol. The zero-order valence-corrected chi connectivity index (χ0v) is 6.78. The molecular formula is C7H11ClO2. The van der Waals surface area contributed by atoms with E-state index in [1.807, 2.05) is 6.92 Å². The summed E-state index contributed by atoms with van der Waals surface area (Å²) in [6.07, 6.45) is 1.87. The maximum Gasteiger partial charge on any atom is 0.349 e. The number of carbonyl (C=O) groups is 1. The van der Waals surface area contributed by atoms with Crippen LogP contribution in [0.1, 0.15) is 19.8 Å². The molecule has 0 fully saturated rings. The zero-order valence-electron chi connectivity index (χ0n) is 6.02. The molecule has 0 aliphatic rings. The molecule has 0 amide bonds. The lowest BCUT2D eigenvalue weighted by Crippen LogP contribution is -2.04. The number of ether oxygens (including phenoxy) is 1. The molecule has 0 aromatic rings. The minimum absolute atomic E-state index is 0.0592. The van der Waals surface area contributed by atoms with Crippen molar-refractivity contribution in [2.24, 2.45) is 0 Å². The van der Waals surface area contributed by atoms with Crippen molar-refractivity contribution in [3.05, 3.63) is 11.6 Å². The van der Waals surface area contributed by atoms with Crippen LogP contribution in [0.4, 0.5) is 0 Å². The molecule has 0 aliphatic heterocycles. The molecule has 0 rings (SSSR count). The number of hydrogen-bond donors (Lipinski definition) is 0. The van der Waals surface area contributed by atoms with Gasteiger partial charge in [-0.15, -0.1) is 0 Å². The van der Waals surface area contributed by atoms with Gasteiger partial charge in [-0.2, -0.15) is 0 Å². The molecule has 0 aromatic heterocycles. The topological polar surface area (TPSA) is 26.3 Å². The van der Waals surface area contributed by atoms with E-state index in [1.54, 1.807) is 0 Å². The van der Waals surface area contributed by atoms with Crippen LogP contribution >= 0.6 is 11.6 Å². The Morgan fingerprint density at radius 2 is 2.30 bits per heavy atom. The lowest BCUT2D eigenvalue weighted by Gasteiger charge is -1.99. The smallest absolute Gasteiger partial charge is 0.349 e. The van der Waals surface area contributed by atoms with Crippen LogP contribution in [0.5, 0.6) is 0 Å². The molecule has 0 aliphatic carbocycles. The van der Waals surface area contributed by atoms with Gasteiger partial charge in [0.1, 0.15) is 5.03 Å². The quantitative estimate of drug-likeness (QED) is 0.360. The third-order valence-electron chi connectivity index (χ3n) is 0.953. The zero-order chi connectivity index (χ0) is 7.98. The Morgan fingerprint density at radius 1 is 1.70 bits per heavy atom. The molecule has 3 heteroatoms. The molecule has 0 radical (unpaired) electrons. The fourth-order valence-electron chi connectivity index (χ4n) is 0.388. The molecule has 0 heterocycles. The molecule has 0 aromatic carbocycles. The lowest BCUT2D eigenvalue weighted by atomic mass is 10.4. The van der Waals surface area contributed by atoms with E-state index in [0.29, 0.717) is 6.61 Å². The molecule has 10 heavy (non-hydrogen) atoms. The summed E-state index contributed by atoms with van der Waals surface area (Å²) in [5, 5.41) is -0.0592. The number of carbonyl (C=O) groups excluding carboxylic acids is 1. The van der Waals surface area contributed by atoms with Crippen molar-refractivity contribution in [2.45, 2.75) is 19.8 Å². The Hall–Kier alpha value is -0.500. The maximum absolute atomic E-state index is 10.6. The fraction of sp³-hybridized carbons (Fsp3) is 0.571. The predicted molar refractivity (Wildman–Crippen MR) is 40.9 cm³/mol. The average molecular weight is 163 g/mol. The molecule has 0 atom stereocenters. The average Bonchev–Trinajstić information content (AvgIpc) is 1.88. The molecule has 0 saturated heterocycles. The van der Waals surface area contributed by atoms with Crippen molar-refractivity contribution >= 4 is 17.6 Å². The van der Waals surface area contributed by atoms with Crippen LogP contribution in [0, 0.1) is 0 Å². The van der Waals surface area contributed by atoms with Gasteiger partial charge in [-0.25, -0.2) is 4.79 Å². The summed E-state index contributed by atoms with van der Waals surface area (Å²) in [6.45, 7) is 5.67. The van der Waals surface area contributed by atoms with Crippen molar-refractivity contribution in [1.29, 1.82) is 0 Å². The van der Waals surface area contributed by atoms with Crippen LogP contribution in [-0.2, 0) is 9.53 Å². The van der Waals surface area contributed by atoms with Gasteiger partial charge in [0.25, 0.3) is 0 Å². The number of esters is 1. The number of unbranched alkanes of at least 4 members (excludes halogenated alkanes) is 1. The van der Waals surface area contributed by atoms with E-state index in [1.165, 1.54) is 0 Å². The molecule has 0 saturated carbocycles. The number of rotatable bonds is 4. The first-order chi connectivity index (χ1) is 4.68. The minimum atomic E-state index is -0.518. The van der Waals surface area contributed by atoms with Crippen molar-refractivity contribution in [3.8, 4) is 0 Å². The summed E-state index contributed by atoms with van der Waals surface area (Å²) in [4.78, 5) is 10.6. The van der Waals surface area contributed by atoms with Crippen molar-refractivity contribution in [2.75, 3.05) is 6.61 Å². The summed E-state index contributed by atoms with van der Waals surface area (Å²) in [6, 6.07) is 0. The Morgan fingerprint density at radius 3 is 2.70 bits per heavy atom. The van der Waals surface area contributed by atoms with E-state index in [-0.39, 0.29) is 5.03 Å². The van der Waals surface area contributed by atoms with Gasteiger partial charge < -0.3 is 4.74 Å². The summed E-state index contributed by atoms with van der Waals surface area (Å²) in [7, 11) is 0. The highest BCUT2D eigenvalue weighted by atomic mass is 35.5. The van der Waals surface area contributed by atoms with Crippen LogP contribution in [0.25, 0.3) is 0 Å². The first-order valence-corrected chi connectivity index (χ1v) is 3.57. The maximum atomic E-state index is 10.6. The van der Waals surface area contributed by atoms with Crippen molar-refractivity contribution < 1.29 is 9.53 Å². The van der Waals surface area contributed by atoms with Gasteiger partial charge >= 0.3 is 5.97 Å². The summed E-state index contributed by atoms with van der Waals surface area (Å²) in [5.74, 6) is -0.518. The summed E-state index contributed by atoms with van der Waals surface area (Å²) < 4.78 is 4.67. The molecular weight excluding hydrogens is 152 g/mol. The largest absolute Gasteiger partial charge is 0.461 e. The van der Waals surface area contributed by atoms with Crippen LogP contribution in [0.3, 0.4) is 0 Å². The van der Waals surface area contributed by atoms with E-state index in [4.69, 9.17) is 11.6 Å². The van der Waals surface area contributed by atoms with Crippen LogP contribution in [-0.4, -0.2) is 12.6 Å². The fourth-order valence-corrected chi connectivity index (χ4v) is 0.442. The van der Waals surface area contributed by atoms with Crippen molar-refractivity contribution in [1.82, 2.24) is 0 Å². The molecule has 58 valence electrons. The van der Waals surface area contributed by atoms with E-state index in [9.17, 15) is 4.79 Å². The van der Waals surface area contributed by atoms with Gasteiger partial charge in [0.15, 0.2) is 0 Å². The van der Waals surface area contributed by atoms with Crippen LogP contribution in [0.15, 0.2) is 11.6 Å². The van der Waals surface area contributed by atoms with Gasteiger partial charge in [0.2, 0.25) is 0 Å². The third-order valence-corrected chi connectivity index (χ3v) is 1.11. The Labute approximate surface area is 65.8 Å². The molecule has 0 unspecified atom stereocenters. The number of halogens is 1. The van der Waals surface area contributed by atoms with Gasteiger partial charge in [-0.05, 0) is 6.42 Å². The van der Waals surface area contributed by atoms with Gasteiger partial charge in [0, 0.05) is 0 Å². The Bertz CT molecular complexity index is 132. The van der Waals surface area contributed by atoms with Crippen molar-refractivity contribution in [3.63, 3.8) is 0 Å². The molecule has 0 N–H and O–H groups in total. The normalized spacial score (nSPS) is 9.00. The molecule has 2 nitrogen and oxygen atoms in total. The van der Waals surface area contributed by atoms with E-state index >= 15 is 0 Å².